The number of aryl methyl sites for hydroxylation is 1. The van der Waals surface area contributed by atoms with Crippen LogP contribution in [0.2, 0.25) is 0 Å². The molecule has 11 heteroatoms. The van der Waals surface area contributed by atoms with Crippen LogP contribution < -0.4 is 9.64 Å². The maximum Gasteiger partial charge on any atom is 0.319 e. The molecule has 3 aliphatic rings. The van der Waals surface area contributed by atoms with E-state index < -0.39 is 28.9 Å². The summed E-state index contributed by atoms with van der Waals surface area (Å²) in [5.74, 6) is -0.910. The van der Waals surface area contributed by atoms with Crippen molar-refractivity contribution < 1.29 is 28.1 Å². The summed E-state index contributed by atoms with van der Waals surface area (Å²) in [5.41, 5.74) is -0.888. The summed E-state index contributed by atoms with van der Waals surface area (Å²) >= 11 is 0. The summed E-state index contributed by atoms with van der Waals surface area (Å²) in [6.45, 7) is 5.66. The minimum atomic E-state index is -0.950. The van der Waals surface area contributed by atoms with Crippen molar-refractivity contribution in [2.75, 3.05) is 37.7 Å². The van der Waals surface area contributed by atoms with Gasteiger partial charge in [-0.1, -0.05) is 13.0 Å². The van der Waals surface area contributed by atoms with Gasteiger partial charge in [0.05, 0.1) is 16.5 Å². The summed E-state index contributed by atoms with van der Waals surface area (Å²) in [7, 11) is 0. The fraction of sp³-hybridized carbons (Fsp3) is 0.469. The van der Waals surface area contributed by atoms with E-state index in [1.165, 1.54) is 24.4 Å². The lowest BCUT2D eigenvalue weighted by Crippen LogP contribution is -2.43. The molecule has 2 aromatic heterocycles. The minimum absolute atomic E-state index is 0.0435. The number of aromatic hydroxyl groups is 1. The van der Waals surface area contributed by atoms with Gasteiger partial charge in [-0.05, 0) is 73.7 Å². The Morgan fingerprint density at radius 2 is 1.98 bits per heavy atom. The second-order valence-electron chi connectivity index (χ2n) is 12.5. The summed E-state index contributed by atoms with van der Waals surface area (Å²) in [6.07, 6.45) is 3.52. The van der Waals surface area contributed by atoms with E-state index in [1.807, 2.05) is 11.8 Å². The number of hydrogen-bond acceptors (Lipinski definition) is 8. The third-order valence-electron chi connectivity index (χ3n) is 9.39. The Kier molecular flexibility index (Phi) is 6.66. The van der Waals surface area contributed by atoms with Gasteiger partial charge >= 0.3 is 6.01 Å². The van der Waals surface area contributed by atoms with Gasteiger partial charge in [0.25, 0.3) is 0 Å². The van der Waals surface area contributed by atoms with Gasteiger partial charge < -0.3 is 19.8 Å². The number of hydrogen-bond donors (Lipinski definition) is 2. The van der Waals surface area contributed by atoms with Gasteiger partial charge in [0.1, 0.15) is 41.4 Å². The Balaban J connectivity index is 1.38. The Morgan fingerprint density at radius 1 is 1.14 bits per heavy atom. The number of phenolic OH excluding ortho intramolecular Hbond substituents is 1. The zero-order valence-corrected chi connectivity index (χ0v) is 24.2. The molecule has 3 saturated heterocycles. The molecular formula is C32H34F3N5O3. The van der Waals surface area contributed by atoms with Crippen LogP contribution in [0.4, 0.5) is 19.0 Å². The van der Waals surface area contributed by atoms with E-state index in [1.54, 1.807) is 13.0 Å². The first-order valence-electron chi connectivity index (χ1n) is 14.9. The lowest BCUT2D eigenvalue weighted by atomic mass is 9.94. The van der Waals surface area contributed by atoms with Crippen LogP contribution in [0.5, 0.6) is 11.8 Å². The maximum atomic E-state index is 16.6. The SMILES string of the molecule is CCc1c(F)ccc2cc(O)cc(-c3ncc4c(N5CCC(C)(O)C5)nc(OCC56CCCN5C[C@H](F)C6)nc4c3F)c12. The summed E-state index contributed by atoms with van der Waals surface area (Å²) in [4.78, 5) is 17.6. The van der Waals surface area contributed by atoms with Crippen LogP contribution in [0.25, 0.3) is 32.9 Å². The molecule has 5 heterocycles. The molecule has 7 rings (SSSR count). The second kappa shape index (κ2) is 10.2. The van der Waals surface area contributed by atoms with Crippen LogP contribution in [0.1, 0.15) is 45.1 Å². The molecule has 2 unspecified atom stereocenters. The predicted octanol–water partition coefficient (Wildman–Crippen LogP) is 5.31. The van der Waals surface area contributed by atoms with E-state index in [2.05, 4.69) is 19.9 Å². The predicted molar refractivity (Wildman–Crippen MR) is 157 cm³/mol. The molecule has 0 aliphatic carbocycles. The van der Waals surface area contributed by atoms with Crippen LogP contribution >= 0.6 is 0 Å². The van der Waals surface area contributed by atoms with Gasteiger partial charge in [-0.25, -0.2) is 13.2 Å². The lowest BCUT2D eigenvalue weighted by Gasteiger charge is -2.31. The van der Waals surface area contributed by atoms with Crippen molar-refractivity contribution in [3.05, 3.63) is 47.7 Å². The van der Waals surface area contributed by atoms with Crippen LogP contribution in [0, 0.1) is 11.6 Å². The largest absolute Gasteiger partial charge is 0.508 e. The van der Waals surface area contributed by atoms with Crippen molar-refractivity contribution in [1.82, 2.24) is 19.9 Å². The van der Waals surface area contributed by atoms with E-state index in [-0.39, 0.29) is 41.7 Å². The number of benzene rings is 2. The molecule has 3 fully saturated rings. The number of anilines is 1. The minimum Gasteiger partial charge on any atom is -0.508 e. The number of pyridine rings is 1. The highest BCUT2D eigenvalue weighted by atomic mass is 19.1. The van der Waals surface area contributed by atoms with Crippen LogP contribution in [0.3, 0.4) is 0 Å². The number of alkyl halides is 1. The highest BCUT2D eigenvalue weighted by Crippen LogP contribution is 2.42. The average Bonchev–Trinajstić information content (AvgIpc) is 3.62. The standard InChI is InChI=1S/C32H34F3N5O3/c1-3-21-24(34)6-5-18-11-20(41)12-22(25(18)21)27-26(35)28-23(14-36-27)29(39-10-8-31(2,42)16-39)38-30(37-28)43-17-32-7-4-9-40(32)15-19(33)13-32/h5-6,11-12,14,19,41-42H,3-4,7-10,13,15-17H2,1-2H3/t19-,31?,32?/m1/s1. The van der Waals surface area contributed by atoms with Gasteiger partial charge in [0, 0.05) is 37.8 Å². The monoisotopic (exact) mass is 593 g/mol. The number of ether oxygens (including phenoxy) is 1. The van der Waals surface area contributed by atoms with E-state index in [0.29, 0.717) is 59.9 Å². The molecule has 0 bridgehead atoms. The molecule has 4 aromatic rings. The number of rotatable bonds is 6. The number of β-amino-alcohol motifs (C(OH)–C–C–N with tert-alkyl or cyclic N) is 1. The van der Waals surface area contributed by atoms with E-state index in [9.17, 15) is 19.0 Å². The smallest absolute Gasteiger partial charge is 0.319 e. The summed E-state index contributed by atoms with van der Waals surface area (Å²) in [5, 5.41) is 22.6. The number of halogens is 3. The molecule has 8 nitrogen and oxygen atoms in total. The Bertz CT molecular complexity index is 1750. The Labute approximate surface area is 247 Å². The molecular weight excluding hydrogens is 559 g/mol. The number of nitrogens with zero attached hydrogens (tertiary/aromatic N) is 5. The molecule has 0 amide bonds. The van der Waals surface area contributed by atoms with Crippen molar-refractivity contribution in [3.63, 3.8) is 0 Å². The van der Waals surface area contributed by atoms with E-state index >= 15 is 4.39 Å². The van der Waals surface area contributed by atoms with Crippen molar-refractivity contribution >= 4 is 27.5 Å². The van der Waals surface area contributed by atoms with Crippen LogP contribution in [0.15, 0.2) is 30.5 Å². The quantitative estimate of drug-likeness (QED) is 0.311. The molecule has 2 N–H and O–H groups in total. The number of aromatic nitrogens is 3. The average molecular weight is 594 g/mol. The van der Waals surface area contributed by atoms with Gasteiger partial charge in [-0.2, -0.15) is 9.97 Å². The number of aliphatic hydroxyl groups is 1. The highest BCUT2D eigenvalue weighted by Gasteiger charge is 2.49. The zero-order valence-electron chi connectivity index (χ0n) is 24.2. The fourth-order valence-corrected chi connectivity index (χ4v) is 7.32. The highest BCUT2D eigenvalue weighted by molar-refractivity contribution is 6.01. The second-order valence-corrected chi connectivity index (χ2v) is 12.5. The van der Waals surface area contributed by atoms with Crippen LogP contribution in [-0.2, 0) is 6.42 Å². The molecule has 226 valence electrons. The number of fused-ring (bicyclic) bond motifs is 3. The Morgan fingerprint density at radius 3 is 2.74 bits per heavy atom. The molecule has 0 saturated carbocycles. The van der Waals surface area contributed by atoms with Gasteiger partial charge in [0.15, 0.2) is 5.82 Å². The van der Waals surface area contributed by atoms with Crippen molar-refractivity contribution in [1.29, 1.82) is 0 Å². The Hall–Kier alpha value is -3.70. The molecule has 43 heavy (non-hydrogen) atoms. The summed E-state index contributed by atoms with van der Waals surface area (Å²) < 4.78 is 52.1. The van der Waals surface area contributed by atoms with E-state index in [4.69, 9.17) is 4.74 Å². The molecule has 3 aliphatic heterocycles. The van der Waals surface area contributed by atoms with Crippen molar-refractivity contribution in [3.8, 4) is 23.0 Å². The maximum absolute atomic E-state index is 16.6. The first-order chi connectivity index (χ1) is 20.6. The fourth-order valence-electron chi connectivity index (χ4n) is 7.32. The van der Waals surface area contributed by atoms with E-state index in [0.717, 1.165) is 19.4 Å². The number of phenols is 1. The zero-order chi connectivity index (χ0) is 30.1. The lowest BCUT2D eigenvalue weighted by molar-refractivity contribution is 0.0838. The molecule has 0 spiro atoms. The molecule has 3 atom stereocenters. The van der Waals surface area contributed by atoms with Crippen molar-refractivity contribution in [2.24, 2.45) is 0 Å². The molecule has 2 aromatic carbocycles. The van der Waals surface area contributed by atoms with Gasteiger partial charge in [-0.3, -0.25) is 9.88 Å². The van der Waals surface area contributed by atoms with Gasteiger partial charge in [-0.15, -0.1) is 0 Å². The first-order valence-corrected chi connectivity index (χ1v) is 14.9. The van der Waals surface area contributed by atoms with Crippen molar-refractivity contribution in [2.45, 2.75) is 63.3 Å². The normalized spacial score (nSPS) is 25.7. The van der Waals surface area contributed by atoms with Crippen LogP contribution in [-0.4, -0.2) is 80.2 Å². The third-order valence-corrected chi connectivity index (χ3v) is 9.39. The summed E-state index contributed by atoms with van der Waals surface area (Å²) in [6, 6.07) is 5.74. The topological polar surface area (TPSA) is 94.8 Å². The third kappa shape index (κ3) is 4.73. The first kappa shape index (κ1) is 28.1. The van der Waals surface area contributed by atoms with Gasteiger partial charge in [0.2, 0.25) is 0 Å². The molecule has 0 radical (unpaired) electrons.